The highest BCUT2D eigenvalue weighted by molar-refractivity contribution is 5.93. The fourth-order valence-corrected chi connectivity index (χ4v) is 3.24. The number of hydrogen-bond donors (Lipinski definition) is 0. The maximum atomic E-state index is 4.63. The Hall–Kier alpha value is -3.01. The molecule has 4 heteroatoms. The van der Waals surface area contributed by atoms with Crippen LogP contribution in [0.4, 0.5) is 0 Å². The van der Waals surface area contributed by atoms with Crippen molar-refractivity contribution in [3.63, 3.8) is 0 Å². The van der Waals surface area contributed by atoms with Gasteiger partial charge in [-0.15, -0.1) is 0 Å². The van der Waals surface area contributed by atoms with Crippen molar-refractivity contribution in [3.05, 3.63) is 66.7 Å². The van der Waals surface area contributed by atoms with Gasteiger partial charge in [-0.05, 0) is 24.5 Å². The molecule has 0 fully saturated rings. The Balaban J connectivity index is 1.86. The fourth-order valence-electron chi connectivity index (χ4n) is 3.24. The Morgan fingerprint density at radius 2 is 1.65 bits per heavy atom. The molecular formula is C22H22N4. The van der Waals surface area contributed by atoms with Crippen LogP contribution in [-0.2, 0) is 6.54 Å². The fraction of sp³-hybridized carbons (Fsp3) is 0.227. The first-order valence-electron chi connectivity index (χ1n) is 9.10. The van der Waals surface area contributed by atoms with Crippen LogP contribution in [0.2, 0.25) is 0 Å². The van der Waals surface area contributed by atoms with Crippen LogP contribution in [-0.4, -0.2) is 19.5 Å². The number of hydrogen-bond acceptors (Lipinski definition) is 3. The van der Waals surface area contributed by atoms with Gasteiger partial charge < -0.3 is 4.57 Å². The average molecular weight is 342 g/mol. The average Bonchev–Trinajstić information content (AvgIpc) is 3.10. The zero-order valence-corrected chi connectivity index (χ0v) is 15.2. The molecule has 0 radical (unpaired) electrons. The van der Waals surface area contributed by atoms with Crippen molar-refractivity contribution >= 4 is 11.2 Å². The minimum atomic E-state index is 0.864. The van der Waals surface area contributed by atoms with Gasteiger partial charge in [0, 0.05) is 12.1 Å². The maximum absolute atomic E-state index is 4.63. The zero-order chi connectivity index (χ0) is 17.9. The molecule has 0 saturated carbocycles. The minimum absolute atomic E-state index is 0.864. The van der Waals surface area contributed by atoms with Crippen molar-refractivity contribution in [3.8, 4) is 22.4 Å². The second-order valence-electron chi connectivity index (χ2n) is 6.60. The largest absolute Gasteiger partial charge is 0.315 e. The number of nitrogens with zero attached hydrogens (tertiary/aromatic N) is 4. The predicted octanol–water partition coefficient (Wildman–Crippen LogP) is 5.27. The number of fused-ring (bicyclic) bond motifs is 1. The van der Waals surface area contributed by atoms with Crippen LogP contribution in [0, 0.1) is 6.92 Å². The molecule has 2 heterocycles. The molecule has 4 nitrogen and oxygen atoms in total. The summed E-state index contributed by atoms with van der Waals surface area (Å²) >= 11 is 0. The van der Waals surface area contributed by atoms with Crippen LogP contribution in [0.1, 0.15) is 25.3 Å². The summed E-state index contributed by atoms with van der Waals surface area (Å²) in [4.78, 5) is 13.7. The van der Waals surface area contributed by atoms with Crippen molar-refractivity contribution < 1.29 is 0 Å². The summed E-state index contributed by atoms with van der Waals surface area (Å²) in [5.41, 5.74) is 7.35. The molecule has 0 aliphatic rings. The Kier molecular flexibility index (Phi) is 4.48. The highest BCUT2D eigenvalue weighted by Crippen LogP contribution is 2.33. The lowest BCUT2D eigenvalue weighted by atomic mass is 9.96. The summed E-state index contributed by atoms with van der Waals surface area (Å²) in [5, 5.41) is 0. The van der Waals surface area contributed by atoms with Gasteiger partial charge in [0.2, 0.25) is 0 Å². The second kappa shape index (κ2) is 7.08. The first-order valence-corrected chi connectivity index (χ1v) is 9.10. The smallest absolute Gasteiger partial charge is 0.163 e. The standard InChI is InChI=1S/C22H22N4/c1-3-4-13-26-15-25-21-20(23-14-24-22(21)26)19-8-6-5-7-18(19)17-11-9-16(2)10-12-17/h5-12,14-15H,3-4,13H2,1-2H3. The summed E-state index contributed by atoms with van der Waals surface area (Å²) in [7, 11) is 0. The molecule has 0 unspecified atom stereocenters. The normalized spacial score (nSPS) is 11.2. The van der Waals surface area contributed by atoms with Crippen LogP contribution in [0.3, 0.4) is 0 Å². The van der Waals surface area contributed by atoms with E-state index in [4.69, 9.17) is 0 Å². The highest BCUT2D eigenvalue weighted by Gasteiger charge is 2.15. The molecule has 2 aromatic heterocycles. The minimum Gasteiger partial charge on any atom is -0.315 e. The predicted molar refractivity (Wildman–Crippen MR) is 106 cm³/mol. The van der Waals surface area contributed by atoms with E-state index in [0.717, 1.165) is 47.4 Å². The molecule has 0 aliphatic heterocycles. The number of aryl methyl sites for hydroxylation is 2. The number of rotatable bonds is 5. The molecule has 0 bridgehead atoms. The number of unbranched alkanes of at least 4 members (excludes halogenated alkanes) is 1. The molecule has 0 aliphatic carbocycles. The van der Waals surface area contributed by atoms with Gasteiger partial charge in [0.15, 0.2) is 5.65 Å². The molecule has 0 spiro atoms. The second-order valence-corrected chi connectivity index (χ2v) is 6.60. The van der Waals surface area contributed by atoms with E-state index < -0.39 is 0 Å². The van der Waals surface area contributed by atoms with Gasteiger partial charge in [-0.25, -0.2) is 15.0 Å². The van der Waals surface area contributed by atoms with E-state index in [0.29, 0.717) is 0 Å². The molecule has 4 rings (SSSR count). The molecule has 0 N–H and O–H groups in total. The van der Waals surface area contributed by atoms with Crippen molar-refractivity contribution in [2.24, 2.45) is 0 Å². The molecule has 130 valence electrons. The number of benzene rings is 2. The molecule has 2 aromatic carbocycles. The van der Waals surface area contributed by atoms with Gasteiger partial charge in [0.05, 0.1) is 6.33 Å². The lowest BCUT2D eigenvalue weighted by molar-refractivity contribution is 0.641. The van der Waals surface area contributed by atoms with Crippen LogP contribution in [0.5, 0.6) is 0 Å². The molecule has 26 heavy (non-hydrogen) atoms. The monoisotopic (exact) mass is 342 g/mol. The van der Waals surface area contributed by atoms with E-state index in [2.05, 4.69) is 81.9 Å². The maximum Gasteiger partial charge on any atom is 0.163 e. The summed E-state index contributed by atoms with van der Waals surface area (Å²) < 4.78 is 2.12. The highest BCUT2D eigenvalue weighted by atomic mass is 15.1. The summed E-state index contributed by atoms with van der Waals surface area (Å²) in [6.45, 7) is 5.23. The van der Waals surface area contributed by atoms with Gasteiger partial charge in [0.1, 0.15) is 17.5 Å². The Morgan fingerprint density at radius 1 is 0.885 bits per heavy atom. The lowest BCUT2D eigenvalue weighted by Crippen LogP contribution is -1.98. The van der Waals surface area contributed by atoms with Gasteiger partial charge in [-0.2, -0.15) is 0 Å². The van der Waals surface area contributed by atoms with Crippen molar-refractivity contribution in [1.82, 2.24) is 19.5 Å². The molecular weight excluding hydrogens is 320 g/mol. The van der Waals surface area contributed by atoms with Gasteiger partial charge in [-0.3, -0.25) is 0 Å². The third-order valence-corrected chi connectivity index (χ3v) is 4.70. The third-order valence-electron chi connectivity index (χ3n) is 4.70. The number of aromatic nitrogens is 4. The zero-order valence-electron chi connectivity index (χ0n) is 15.2. The topological polar surface area (TPSA) is 43.6 Å². The Morgan fingerprint density at radius 3 is 2.42 bits per heavy atom. The molecule has 4 aromatic rings. The van der Waals surface area contributed by atoms with E-state index in [9.17, 15) is 0 Å². The van der Waals surface area contributed by atoms with Gasteiger partial charge >= 0.3 is 0 Å². The number of imidazole rings is 1. The van der Waals surface area contributed by atoms with Crippen molar-refractivity contribution in [2.45, 2.75) is 33.2 Å². The van der Waals surface area contributed by atoms with E-state index in [1.165, 1.54) is 11.1 Å². The van der Waals surface area contributed by atoms with Crippen molar-refractivity contribution in [2.75, 3.05) is 0 Å². The lowest BCUT2D eigenvalue weighted by Gasteiger charge is -2.10. The summed E-state index contributed by atoms with van der Waals surface area (Å²) in [6.07, 6.45) is 5.79. The van der Waals surface area contributed by atoms with Crippen LogP contribution in [0.25, 0.3) is 33.5 Å². The van der Waals surface area contributed by atoms with E-state index in [1.807, 2.05) is 6.33 Å². The first-order chi connectivity index (χ1) is 12.8. The van der Waals surface area contributed by atoms with E-state index in [1.54, 1.807) is 6.33 Å². The third kappa shape index (κ3) is 2.99. The molecule has 0 saturated heterocycles. The Labute approximate surface area is 153 Å². The Bertz CT molecular complexity index is 1030. The van der Waals surface area contributed by atoms with Gasteiger partial charge in [-0.1, -0.05) is 67.4 Å². The van der Waals surface area contributed by atoms with Crippen LogP contribution < -0.4 is 0 Å². The van der Waals surface area contributed by atoms with E-state index >= 15 is 0 Å². The quantitative estimate of drug-likeness (QED) is 0.496. The van der Waals surface area contributed by atoms with Crippen LogP contribution in [0.15, 0.2) is 61.2 Å². The van der Waals surface area contributed by atoms with Crippen molar-refractivity contribution in [1.29, 1.82) is 0 Å². The van der Waals surface area contributed by atoms with E-state index in [-0.39, 0.29) is 0 Å². The summed E-state index contributed by atoms with van der Waals surface area (Å²) in [6, 6.07) is 17.0. The first kappa shape index (κ1) is 16.5. The van der Waals surface area contributed by atoms with Crippen LogP contribution >= 0.6 is 0 Å². The molecule has 0 atom stereocenters. The van der Waals surface area contributed by atoms with Gasteiger partial charge in [0.25, 0.3) is 0 Å². The summed E-state index contributed by atoms with van der Waals surface area (Å²) in [5.74, 6) is 0. The SMILES string of the molecule is CCCCn1cnc2c(-c3ccccc3-c3ccc(C)cc3)ncnc21. The molecule has 0 amide bonds.